The molecule has 0 saturated carbocycles. The van der Waals surface area contributed by atoms with Gasteiger partial charge >= 0.3 is 0 Å². The van der Waals surface area contributed by atoms with Crippen LogP contribution in [0.2, 0.25) is 0 Å². The van der Waals surface area contributed by atoms with Gasteiger partial charge < -0.3 is 20.6 Å². The Balaban J connectivity index is 2.35. The molecular weight excluding hydrogens is 270 g/mol. The maximum Gasteiger partial charge on any atom is 0.240 e. The molecule has 1 aliphatic heterocycles. The van der Waals surface area contributed by atoms with Gasteiger partial charge in [0.2, 0.25) is 6.43 Å². The number of phenols is 3. The SMILES string of the molecule is Oc1cc(O)c([C@H](CC(F)F)N2CCNCC2)c(O)c1. The molecule has 5 nitrogen and oxygen atoms in total. The minimum atomic E-state index is -2.55. The summed E-state index contributed by atoms with van der Waals surface area (Å²) in [5, 5.41) is 32.2. The molecule has 1 heterocycles. The second kappa shape index (κ2) is 6.23. The summed E-state index contributed by atoms with van der Waals surface area (Å²) >= 11 is 0. The highest BCUT2D eigenvalue weighted by Crippen LogP contribution is 2.41. The van der Waals surface area contributed by atoms with E-state index in [0.29, 0.717) is 26.2 Å². The number of hydrogen-bond acceptors (Lipinski definition) is 5. The van der Waals surface area contributed by atoms with E-state index < -0.39 is 18.9 Å². The Morgan fingerprint density at radius 1 is 1.10 bits per heavy atom. The van der Waals surface area contributed by atoms with E-state index in [1.165, 1.54) is 0 Å². The van der Waals surface area contributed by atoms with Crippen molar-refractivity contribution in [1.82, 2.24) is 10.2 Å². The van der Waals surface area contributed by atoms with Crippen LogP contribution in [0.3, 0.4) is 0 Å². The Kier molecular flexibility index (Phi) is 4.61. The number of aromatic hydroxyl groups is 3. The smallest absolute Gasteiger partial charge is 0.240 e. The van der Waals surface area contributed by atoms with Gasteiger partial charge in [-0.3, -0.25) is 4.90 Å². The monoisotopic (exact) mass is 288 g/mol. The Morgan fingerprint density at radius 3 is 2.15 bits per heavy atom. The first-order chi connectivity index (χ1) is 9.49. The molecule has 1 aliphatic rings. The van der Waals surface area contributed by atoms with Gasteiger partial charge in [0, 0.05) is 50.8 Å². The first-order valence-corrected chi connectivity index (χ1v) is 6.46. The Bertz CT molecular complexity index is 442. The van der Waals surface area contributed by atoms with Crippen LogP contribution in [0, 0.1) is 0 Å². The van der Waals surface area contributed by atoms with E-state index in [1.54, 1.807) is 4.90 Å². The van der Waals surface area contributed by atoms with Crippen LogP contribution in [-0.4, -0.2) is 52.8 Å². The van der Waals surface area contributed by atoms with Crippen LogP contribution in [0.1, 0.15) is 18.0 Å². The molecule has 1 saturated heterocycles. The molecule has 0 spiro atoms. The summed E-state index contributed by atoms with van der Waals surface area (Å²) in [5.74, 6) is -1.04. The highest BCUT2D eigenvalue weighted by Gasteiger charge is 2.30. The lowest BCUT2D eigenvalue weighted by Crippen LogP contribution is -2.45. The van der Waals surface area contributed by atoms with Crippen molar-refractivity contribution < 1.29 is 24.1 Å². The standard InChI is InChI=1S/C13H18F2N2O3/c14-12(15)7-9(17-3-1-16-2-4-17)13-10(19)5-8(18)6-11(13)20/h5-6,9,12,16,18-20H,1-4,7H2/t9-/m0/s1. The van der Waals surface area contributed by atoms with Crippen LogP contribution in [0.5, 0.6) is 17.2 Å². The summed E-state index contributed by atoms with van der Waals surface area (Å²) in [4.78, 5) is 1.80. The van der Waals surface area contributed by atoms with Gasteiger partial charge in [0.15, 0.2) is 0 Å². The van der Waals surface area contributed by atoms with E-state index in [-0.39, 0.29) is 22.8 Å². The molecule has 0 aromatic heterocycles. The fourth-order valence-electron chi connectivity index (χ4n) is 2.56. The van der Waals surface area contributed by atoms with Gasteiger partial charge in [0.25, 0.3) is 0 Å². The number of rotatable bonds is 4. The molecule has 1 atom stereocenters. The zero-order valence-electron chi connectivity index (χ0n) is 10.9. The largest absolute Gasteiger partial charge is 0.508 e. The van der Waals surface area contributed by atoms with Crippen molar-refractivity contribution >= 4 is 0 Å². The van der Waals surface area contributed by atoms with Crippen molar-refractivity contribution in [1.29, 1.82) is 0 Å². The summed E-state index contributed by atoms with van der Waals surface area (Å²) in [6.45, 7) is 2.44. The first-order valence-electron chi connectivity index (χ1n) is 6.46. The number of hydrogen-bond donors (Lipinski definition) is 4. The van der Waals surface area contributed by atoms with Crippen LogP contribution in [0.25, 0.3) is 0 Å². The molecule has 2 rings (SSSR count). The molecule has 0 unspecified atom stereocenters. The van der Waals surface area contributed by atoms with Gasteiger partial charge in [-0.05, 0) is 0 Å². The summed E-state index contributed by atoms with van der Waals surface area (Å²) in [6, 6.07) is 1.32. The molecule has 1 fully saturated rings. The molecule has 0 bridgehead atoms. The van der Waals surface area contributed by atoms with E-state index in [1.807, 2.05) is 0 Å². The minimum absolute atomic E-state index is 0.0463. The zero-order valence-corrected chi connectivity index (χ0v) is 10.9. The van der Waals surface area contributed by atoms with Crippen LogP contribution in [-0.2, 0) is 0 Å². The number of phenolic OH excluding ortho intramolecular Hbond substituents is 3. The van der Waals surface area contributed by atoms with Crippen molar-refractivity contribution in [3.63, 3.8) is 0 Å². The lowest BCUT2D eigenvalue weighted by molar-refractivity contribution is 0.0719. The van der Waals surface area contributed by atoms with Crippen molar-refractivity contribution in [2.24, 2.45) is 0 Å². The maximum atomic E-state index is 12.8. The van der Waals surface area contributed by atoms with Crippen LogP contribution in [0.4, 0.5) is 8.78 Å². The summed E-state index contributed by atoms with van der Waals surface area (Å²) in [5.41, 5.74) is 0.0463. The average molecular weight is 288 g/mol. The fourth-order valence-corrected chi connectivity index (χ4v) is 2.56. The van der Waals surface area contributed by atoms with Gasteiger partial charge in [-0.15, -0.1) is 0 Å². The quantitative estimate of drug-likeness (QED) is 0.674. The van der Waals surface area contributed by atoms with Crippen molar-refractivity contribution in [3.8, 4) is 17.2 Å². The highest BCUT2D eigenvalue weighted by atomic mass is 19.3. The normalized spacial score (nSPS) is 18.4. The first kappa shape index (κ1) is 14.8. The summed E-state index contributed by atoms with van der Waals surface area (Å²) in [6.07, 6.45) is -3.03. The molecule has 7 heteroatoms. The lowest BCUT2D eigenvalue weighted by Gasteiger charge is -2.35. The minimum Gasteiger partial charge on any atom is -0.508 e. The molecule has 1 aromatic rings. The summed E-state index contributed by atoms with van der Waals surface area (Å²) < 4.78 is 25.6. The number of piperazine rings is 1. The van der Waals surface area contributed by atoms with Crippen LogP contribution < -0.4 is 5.32 Å². The van der Waals surface area contributed by atoms with E-state index in [9.17, 15) is 24.1 Å². The second-order valence-electron chi connectivity index (χ2n) is 4.83. The highest BCUT2D eigenvalue weighted by molar-refractivity contribution is 5.50. The van der Waals surface area contributed by atoms with Crippen molar-refractivity contribution in [2.75, 3.05) is 26.2 Å². The molecule has 4 N–H and O–H groups in total. The van der Waals surface area contributed by atoms with Crippen LogP contribution >= 0.6 is 0 Å². The number of nitrogens with one attached hydrogen (secondary N) is 1. The molecular formula is C13H18F2N2O3. The molecule has 112 valence electrons. The third-order valence-corrected chi connectivity index (χ3v) is 3.45. The molecule has 1 aromatic carbocycles. The Labute approximate surface area is 115 Å². The second-order valence-corrected chi connectivity index (χ2v) is 4.83. The maximum absolute atomic E-state index is 12.8. The van der Waals surface area contributed by atoms with Crippen molar-refractivity contribution in [2.45, 2.75) is 18.9 Å². The number of benzene rings is 1. The Morgan fingerprint density at radius 2 is 1.65 bits per heavy atom. The number of alkyl halides is 2. The van der Waals surface area contributed by atoms with E-state index in [2.05, 4.69) is 5.32 Å². The fraction of sp³-hybridized carbons (Fsp3) is 0.538. The van der Waals surface area contributed by atoms with Gasteiger partial charge in [-0.1, -0.05) is 0 Å². The Hall–Kier alpha value is -1.60. The lowest BCUT2D eigenvalue weighted by atomic mass is 9.98. The van der Waals surface area contributed by atoms with E-state index in [0.717, 1.165) is 12.1 Å². The molecule has 0 amide bonds. The van der Waals surface area contributed by atoms with Crippen LogP contribution in [0.15, 0.2) is 12.1 Å². The topological polar surface area (TPSA) is 76.0 Å². The van der Waals surface area contributed by atoms with Gasteiger partial charge in [0.1, 0.15) is 17.2 Å². The van der Waals surface area contributed by atoms with Crippen molar-refractivity contribution in [3.05, 3.63) is 17.7 Å². The molecule has 0 aliphatic carbocycles. The predicted octanol–water partition coefficient (Wildman–Crippen LogP) is 1.40. The van der Waals surface area contributed by atoms with Gasteiger partial charge in [-0.25, -0.2) is 8.78 Å². The van der Waals surface area contributed by atoms with Gasteiger partial charge in [-0.2, -0.15) is 0 Å². The third kappa shape index (κ3) is 3.29. The van der Waals surface area contributed by atoms with E-state index >= 15 is 0 Å². The average Bonchev–Trinajstić information content (AvgIpc) is 2.37. The molecule has 20 heavy (non-hydrogen) atoms. The predicted molar refractivity (Wildman–Crippen MR) is 69.2 cm³/mol. The third-order valence-electron chi connectivity index (χ3n) is 3.45. The van der Waals surface area contributed by atoms with E-state index in [4.69, 9.17) is 0 Å². The van der Waals surface area contributed by atoms with Gasteiger partial charge in [0.05, 0.1) is 5.56 Å². The summed E-state index contributed by atoms with van der Waals surface area (Å²) in [7, 11) is 0. The number of nitrogens with zero attached hydrogens (tertiary/aromatic N) is 1. The number of halogens is 2. The zero-order chi connectivity index (χ0) is 14.7. The molecule has 0 radical (unpaired) electrons.